The molecule has 0 fully saturated rings. The maximum absolute atomic E-state index is 12.7. The highest BCUT2D eigenvalue weighted by Crippen LogP contribution is 2.25. The largest absolute Gasteiger partial charge is 0.496 e. The third-order valence-corrected chi connectivity index (χ3v) is 5.77. The molecule has 1 aromatic rings. The van der Waals surface area contributed by atoms with Crippen LogP contribution in [-0.4, -0.2) is 52.5 Å². The first-order valence-corrected chi connectivity index (χ1v) is 9.07. The first kappa shape index (κ1) is 20.4. The van der Waals surface area contributed by atoms with E-state index in [0.29, 0.717) is 13.0 Å². The van der Waals surface area contributed by atoms with Gasteiger partial charge >= 0.3 is 5.97 Å². The summed E-state index contributed by atoms with van der Waals surface area (Å²) in [5.74, 6) is -0.133. The third kappa shape index (κ3) is 4.68. The molecular weight excluding hydrogens is 332 g/mol. The Labute approximate surface area is 143 Å². The maximum atomic E-state index is 12.7. The number of esters is 1. The molecule has 24 heavy (non-hydrogen) atoms. The van der Waals surface area contributed by atoms with Crippen molar-refractivity contribution in [3.63, 3.8) is 0 Å². The monoisotopic (exact) mass is 358 g/mol. The van der Waals surface area contributed by atoms with E-state index in [-0.39, 0.29) is 28.2 Å². The molecule has 1 atom stereocenters. The zero-order valence-electron chi connectivity index (χ0n) is 14.8. The molecule has 0 bridgehead atoms. The van der Waals surface area contributed by atoms with Crippen LogP contribution >= 0.6 is 0 Å². The van der Waals surface area contributed by atoms with E-state index in [1.807, 2.05) is 13.8 Å². The van der Waals surface area contributed by atoms with Crippen molar-refractivity contribution in [3.05, 3.63) is 23.8 Å². The predicted molar refractivity (Wildman–Crippen MR) is 91.6 cm³/mol. The average Bonchev–Trinajstić information content (AvgIpc) is 2.57. The number of methoxy groups -OCH3 is 2. The Balaban J connectivity index is 3.07. The molecule has 0 heterocycles. The molecule has 0 radical (unpaired) electrons. The lowest BCUT2D eigenvalue weighted by Gasteiger charge is -2.21. The van der Waals surface area contributed by atoms with Gasteiger partial charge in [-0.15, -0.1) is 0 Å². The van der Waals surface area contributed by atoms with Gasteiger partial charge in [-0.3, -0.25) is 0 Å². The summed E-state index contributed by atoms with van der Waals surface area (Å²) >= 11 is 0. The Morgan fingerprint density at radius 1 is 1.29 bits per heavy atom. The van der Waals surface area contributed by atoms with Gasteiger partial charge in [-0.2, -0.15) is 0 Å². The minimum absolute atomic E-state index is 0.00400. The van der Waals surface area contributed by atoms with Gasteiger partial charge in [0.25, 0.3) is 0 Å². The van der Waals surface area contributed by atoms with Gasteiger partial charge in [0.15, 0.2) is 0 Å². The minimum Gasteiger partial charge on any atom is -0.496 e. The van der Waals surface area contributed by atoms with Crippen LogP contribution in [0.1, 0.15) is 30.6 Å². The smallest absolute Gasteiger partial charge is 0.341 e. The molecule has 0 aliphatic rings. The van der Waals surface area contributed by atoms with E-state index in [1.54, 1.807) is 0 Å². The summed E-state index contributed by atoms with van der Waals surface area (Å²) in [6.45, 7) is 4.28. The second kappa shape index (κ2) is 8.46. The van der Waals surface area contributed by atoms with E-state index in [9.17, 15) is 13.2 Å². The lowest BCUT2D eigenvalue weighted by molar-refractivity contribution is 0.0596. The van der Waals surface area contributed by atoms with E-state index >= 15 is 0 Å². The van der Waals surface area contributed by atoms with Gasteiger partial charge in [0.2, 0.25) is 10.0 Å². The number of hydrogen-bond donors (Lipinski definition) is 1. The fourth-order valence-electron chi connectivity index (χ4n) is 2.08. The number of sulfonamides is 1. The fraction of sp³-hybridized carbons (Fsp3) is 0.562. The number of ether oxygens (including phenoxy) is 2. The van der Waals surface area contributed by atoms with Crippen LogP contribution in [0, 0.1) is 5.92 Å². The normalized spacial score (nSPS) is 13.2. The van der Waals surface area contributed by atoms with Gasteiger partial charge < -0.3 is 15.2 Å². The molecule has 0 saturated heterocycles. The molecule has 7 nitrogen and oxygen atoms in total. The Morgan fingerprint density at radius 3 is 2.42 bits per heavy atom. The summed E-state index contributed by atoms with van der Waals surface area (Å²) in [6.07, 6.45) is 0.549. The molecule has 0 amide bonds. The highest BCUT2D eigenvalue weighted by atomic mass is 32.2. The molecule has 136 valence electrons. The molecule has 1 aromatic carbocycles. The van der Waals surface area contributed by atoms with Crippen molar-refractivity contribution in [1.29, 1.82) is 0 Å². The van der Waals surface area contributed by atoms with Gasteiger partial charge in [0.05, 0.1) is 19.1 Å². The maximum Gasteiger partial charge on any atom is 0.341 e. The Morgan fingerprint density at radius 2 is 1.92 bits per heavy atom. The Bertz CT molecular complexity index is 673. The lowest BCUT2D eigenvalue weighted by Crippen LogP contribution is -2.34. The summed E-state index contributed by atoms with van der Waals surface area (Å²) < 4.78 is 36.3. The predicted octanol–water partition coefficient (Wildman–Crippen LogP) is 1.48. The molecule has 0 aliphatic heterocycles. The molecule has 1 rings (SSSR count). The number of rotatable bonds is 8. The topological polar surface area (TPSA) is 98.9 Å². The third-order valence-electron chi connectivity index (χ3n) is 3.92. The van der Waals surface area contributed by atoms with Crippen LogP contribution in [0.5, 0.6) is 5.75 Å². The second-order valence-electron chi connectivity index (χ2n) is 5.88. The molecule has 8 heteroatoms. The van der Waals surface area contributed by atoms with Crippen LogP contribution in [0.15, 0.2) is 23.1 Å². The SMILES string of the molecule is COC(=O)c1cc(S(=O)(=O)N(C)CCC(N)C(C)C)ccc1OC. The van der Waals surface area contributed by atoms with Crippen molar-refractivity contribution in [1.82, 2.24) is 4.31 Å². The Kier molecular flexibility index (Phi) is 7.19. The number of nitrogens with two attached hydrogens (primary N) is 1. The highest BCUT2D eigenvalue weighted by molar-refractivity contribution is 7.89. The number of carbonyl (C=O) groups excluding carboxylic acids is 1. The number of benzene rings is 1. The number of nitrogens with zero attached hydrogens (tertiary/aromatic N) is 1. The summed E-state index contributed by atoms with van der Waals surface area (Å²) in [7, 11) is 0.378. The van der Waals surface area contributed by atoms with E-state index in [2.05, 4.69) is 4.74 Å². The highest BCUT2D eigenvalue weighted by Gasteiger charge is 2.24. The molecule has 0 aliphatic carbocycles. The average molecular weight is 358 g/mol. The molecule has 0 spiro atoms. The zero-order chi connectivity index (χ0) is 18.5. The fourth-order valence-corrected chi connectivity index (χ4v) is 3.29. The van der Waals surface area contributed by atoms with Crippen molar-refractivity contribution in [2.75, 3.05) is 27.8 Å². The molecule has 2 N–H and O–H groups in total. The minimum atomic E-state index is -3.74. The van der Waals surface area contributed by atoms with Gasteiger partial charge in [-0.25, -0.2) is 17.5 Å². The first-order chi connectivity index (χ1) is 11.1. The second-order valence-corrected chi connectivity index (χ2v) is 7.92. The van der Waals surface area contributed by atoms with Crippen molar-refractivity contribution in [2.45, 2.75) is 31.2 Å². The summed E-state index contributed by atoms with van der Waals surface area (Å²) in [4.78, 5) is 11.8. The van der Waals surface area contributed by atoms with Gasteiger partial charge in [0.1, 0.15) is 11.3 Å². The van der Waals surface area contributed by atoms with E-state index in [4.69, 9.17) is 10.5 Å². The molecule has 1 unspecified atom stereocenters. The van der Waals surface area contributed by atoms with Crippen molar-refractivity contribution in [2.24, 2.45) is 11.7 Å². The van der Waals surface area contributed by atoms with Crippen LogP contribution in [0.2, 0.25) is 0 Å². The van der Waals surface area contributed by atoms with Gasteiger partial charge in [0, 0.05) is 19.6 Å². The summed E-state index contributed by atoms with van der Waals surface area (Å²) in [6, 6.07) is 4.02. The van der Waals surface area contributed by atoms with Crippen LogP contribution in [0.3, 0.4) is 0 Å². The quantitative estimate of drug-likeness (QED) is 0.707. The lowest BCUT2D eigenvalue weighted by atomic mass is 10.0. The van der Waals surface area contributed by atoms with Crippen molar-refractivity contribution < 1.29 is 22.7 Å². The zero-order valence-corrected chi connectivity index (χ0v) is 15.6. The van der Waals surface area contributed by atoms with E-state index in [1.165, 1.54) is 43.8 Å². The number of carbonyl (C=O) groups is 1. The van der Waals surface area contributed by atoms with Gasteiger partial charge in [-0.1, -0.05) is 13.8 Å². The van der Waals surface area contributed by atoms with E-state index < -0.39 is 16.0 Å². The van der Waals surface area contributed by atoms with Crippen LogP contribution in [0.4, 0.5) is 0 Å². The van der Waals surface area contributed by atoms with E-state index in [0.717, 1.165) is 0 Å². The number of hydrogen-bond acceptors (Lipinski definition) is 6. The summed E-state index contributed by atoms with van der Waals surface area (Å²) in [5.41, 5.74) is 6.03. The first-order valence-electron chi connectivity index (χ1n) is 7.63. The van der Waals surface area contributed by atoms with Crippen LogP contribution in [0.25, 0.3) is 0 Å². The Hall–Kier alpha value is -1.64. The summed E-state index contributed by atoms with van der Waals surface area (Å²) in [5, 5.41) is 0. The molecule has 0 saturated carbocycles. The standard InChI is InChI=1S/C16H26N2O5S/c1-11(2)14(17)8-9-18(3)24(20,21)12-6-7-15(22-4)13(10-12)16(19)23-5/h6-7,10-11,14H,8-9,17H2,1-5H3. The van der Waals surface area contributed by atoms with Crippen LogP contribution in [-0.2, 0) is 14.8 Å². The van der Waals surface area contributed by atoms with Crippen LogP contribution < -0.4 is 10.5 Å². The van der Waals surface area contributed by atoms with Gasteiger partial charge in [-0.05, 0) is 30.5 Å². The molecular formula is C16H26N2O5S. The van der Waals surface area contributed by atoms with Crippen molar-refractivity contribution >= 4 is 16.0 Å². The molecule has 0 aromatic heterocycles. The van der Waals surface area contributed by atoms with Crippen molar-refractivity contribution in [3.8, 4) is 5.75 Å².